The number of benzene rings is 2. The van der Waals surface area contributed by atoms with E-state index in [0.29, 0.717) is 0 Å². The molecule has 21 heavy (non-hydrogen) atoms. The van der Waals surface area contributed by atoms with Crippen LogP contribution in [0.4, 0.5) is 0 Å². The van der Waals surface area contributed by atoms with Crippen LogP contribution in [0.25, 0.3) is 0 Å². The van der Waals surface area contributed by atoms with E-state index in [1.165, 1.54) is 22.4 Å². The summed E-state index contributed by atoms with van der Waals surface area (Å²) in [5.41, 5.74) is 0. The average Bonchev–Trinajstić information content (AvgIpc) is 2.47. The maximum absolute atomic E-state index is 3.60. The van der Waals surface area contributed by atoms with Gasteiger partial charge in [-0.25, -0.2) is 0 Å². The SMILES string of the molecule is C[Si](C)(C)CCSP(=[Se])(c1ccccc1)c1ccccc1. The Morgan fingerprint density at radius 3 is 1.67 bits per heavy atom. The molecule has 0 amide bonds. The van der Waals surface area contributed by atoms with Crippen LogP contribution in [0, 0.1) is 0 Å². The predicted molar refractivity (Wildman–Crippen MR) is 105 cm³/mol. The standard InChI is InChI=1S/C17H23PSSeSi/c1-21(2,3)15-14-19-18(20,16-10-6-4-7-11-16)17-12-8-5-9-13-17/h4-13H,14-15H2,1-3H3. The fourth-order valence-electron chi connectivity index (χ4n) is 2.03. The fourth-order valence-corrected chi connectivity index (χ4v) is 13.0. The molecular weight excluding hydrogens is 374 g/mol. The molecule has 0 aliphatic carbocycles. The third kappa shape index (κ3) is 4.98. The van der Waals surface area contributed by atoms with Crippen molar-refractivity contribution in [2.45, 2.75) is 25.7 Å². The van der Waals surface area contributed by atoms with E-state index in [9.17, 15) is 0 Å². The second kappa shape index (κ2) is 7.48. The molecule has 0 saturated carbocycles. The van der Waals surface area contributed by atoms with Crippen LogP contribution < -0.4 is 10.6 Å². The molecule has 0 nitrogen and oxygen atoms in total. The van der Waals surface area contributed by atoms with Gasteiger partial charge < -0.3 is 0 Å². The minimum absolute atomic E-state index is 0.976. The first-order valence-electron chi connectivity index (χ1n) is 7.28. The van der Waals surface area contributed by atoms with Crippen molar-refractivity contribution in [3.05, 3.63) is 60.7 Å². The Bertz CT molecular complexity index is 564. The van der Waals surface area contributed by atoms with Gasteiger partial charge in [-0.15, -0.1) is 0 Å². The Kier molecular flexibility index (Phi) is 6.17. The molecule has 0 N–H and O–H groups in total. The molecule has 0 unspecified atom stereocenters. The Morgan fingerprint density at radius 1 is 0.857 bits per heavy atom. The van der Waals surface area contributed by atoms with Gasteiger partial charge in [0, 0.05) is 0 Å². The van der Waals surface area contributed by atoms with E-state index in [1.54, 1.807) is 0 Å². The third-order valence-corrected chi connectivity index (χ3v) is 15.7. The van der Waals surface area contributed by atoms with Gasteiger partial charge in [0.15, 0.2) is 0 Å². The normalized spacial score (nSPS) is 12.3. The number of hydrogen-bond acceptors (Lipinski definition) is 1. The second-order valence-corrected chi connectivity index (χ2v) is 22.2. The molecule has 0 aromatic heterocycles. The van der Waals surface area contributed by atoms with Crippen LogP contribution in [0.2, 0.25) is 25.7 Å². The van der Waals surface area contributed by atoms with Crippen LogP contribution in [0.15, 0.2) is 60.7 Å². The van der Waals surface area contributed by atoms with Crippen LogP contribution in [0.1, 0.15) is 0 Å². The van der Waals surface area contributed by atoms with E-state index in [-0.39, 0.29) is 0 Å². The summed E-state index contributed by atoms with van der Waals surface area (Å²) in [5, 5.41) is 2.91. The molecule has 0 spiro atoms. The molecule has 0 saturated heterocycles. The molecule has 0 radical (unpaired) electrons. The Balaban J connectivity index is 2.30. The molecule has 112 valence electrons. The average molecular weight is 397 g/mol. The molecule has 0 aliphatic heterocycles. The topological polar surface area (TPSA) is 0 Å². The van der Waals surface area contributed by atoms with E-state index < -0.39 is 12.8 Å². The Labute approximate surface area is 141 Å². The zero-order chi connectivity index (χ0) is 15.3. The van der Waals surface area contributed by atoms with Crippen molar-refractivity contribution in [3.63, 3.8) is 0 Å². The quantitative estimate of drug-likeness (QED) is 0.502. The summed E-state index contributed by atoms with van der Waals surface area (Å²) in [6, 6.07) is 23.3. The Hall–Kier alpha value is -0.0436. The molecule has 0 fully saturated rings. The van der Waals surface area contributed by atoms with E-state index in [4.69, 9.17) is 0 Å². The van der Waals surface area contributed by atoms with E-state index in [0.717, 1.165) is 0 Å². The van der Waals surface area contributed by atoms with E-state index in [2.05, 4.69) is 107 Å². The summed E-state index contributed by atoms with van der Waals surface area (Å²) < 4.78 is -1.45. The third-order valence-electron chi connectivity index (χ3n) is 3.32. The predicted octanol–water partition coefficient (Wildman–Crippen LogP) is 4.72. The van der Waals surface area contributed by atoms with Crippen LogP contribution in [-0.2, 0) is 0 Å². The van der Waals surface area contributed by atoms with Crippen LogP contribution >= 0.6 is 16.1 Å². The molecule has 2 aromatic carbocycles. The van der Waals surface area contributed by atoms with Gasteiger partial charge in [-0.05, 0) is 0 Å². The van der Waals surface area contributed by atoms with Crippen molar-refractivity contribution in [1.82, 2.24) is 0 Å². The van der Waals surface area contributed by atoms with E-state index >= 15 is 0 Å². The molecule has 2 aromatic rings. The Morgan fingerprint density at radius 2 is 1.29 bits per heavy atom. The number of hydrogen-bond donors (Lipinski definition) is 0. The summed E-state index contributed by atoms with van der Waals surface area (Å²) in [7, 11) is -0.976. The summed E-state index contributed by atoms with van der Waals surface area (Å²) in [4.78, 5) is 0. The molecular formula is C17H23PSSeSi. The van der Waals surface area contributed by atoms with Gasteiger partial charge >= 0.3 is 142 Å². The maximum atomic E-state index is 3.60. The monoisotopic (exact) mass is 398 g/mol. The molecule has 2 rings (SSSR count). The summed E-state index contributed by atoms with van der Waals surface area (Å²) >= 11 is 5.75. The van der Waals surface area contributed by atoms with Gasteiger partial charge in [-0.2, -0.15) is 0 Å². The van der Waals surface area contributed by atoms with Crippen molar-refractivity contribution < 1.29 is 0 Å². The van der Waals surface area contributed by atoms with Gasteiger partial charge in [0.25, 0.3) is 0 Å². The van der Waals surface area contributed by atoms with Gasteiger partial charge in [0.2, 0.25) is 0 Å². The molecule has 0 bridgehead atoms. The van der Waals surface area contributed by atoms with Gasteiger partial charge in [-0.3, -0.25) is 0 Å². The van der Waals surface area contributed by atoms with Crippen LogP contribution in [0.3, 0.4) is 0 Å². The summed E-state index contributed by atoms with van der Waals surface area (Å²) in [6.45, 7) is 7.37. The molecule has 4 heteroatoms. The summed E-state index contributed by atoms with van der Waals surface area (Å²) in [6.07, 6.45) is 0. The number of rotatable bonds is 6. The minimum atomic E-state index is -1.45. The van der Waals surface area contributed by atoms with Gasteiger partial charge in [0.1, 0.15) is 0 Å². The molecule has 0 aliphatic rings. The van der Waals surface area contributed by atoms with Crippen molar-refractivity contribution in [1.29, 1.82) is 0 Å². The van der Waals surface area contributed by atoms with Gasteiger partial charge in [-0.1, -0.05) is 0 Å². The van der Waals surface area contributed by atoms with Crippen molar-refractivity contribution in [2.75, 3.05) is 5.75 Å². The van der Waals surface area contributed by atoms with Crippen molar-refractivity contribution >= 4 is 49.9 Å². The van der Waals surface area contributed by atoms with E-state index in [1.807, 2.05) is 0 Å². The zero-order valence-corrected chi connectivity index (χ0v) is 17.4. The summed E-state index contributed by atoms with van der Waals surface area (Å²) in [5.74, 6) is 1.25. The van der Waals surface area contributed by atoms with Gasteiger partial charge in [0.05, 0.1) is 0 Å². The van der Waals surface area contributed by atoms with Crippen molar-refractivity contribution in [3.8, 4) is 0 Å². The molecule has 0 atom stereocenters. The molecule has 0 heterocycles. The first kappa shape index (κ1) is 17.3. The van der Waals surface area contributed by atoms with Crippen molar-refractivity contribution in [2.24, 2.45) is 0 Å². The first-order chi connectivity index (χ1) is 9.92. The zero-order valence-electron chi connectivity index (χ0n) is 13.0. The van der Waals surface area contributed by atoms with Crippen LogP contribution in [-0.4, -0.2) is 28.9 Å². The first-order valence-corrected chi connectivity index (χ1v) is 16.6. The second-order valence-electron chi connectivity index (χ2n) is 6.37. The van der Waals surface area contributed by atoms with Crippen LogP contribution in [0.5, 0.6) is 0 Å². The fraction of sp³-hybridized carbons (Fsp3) is 0.294.